The number of likely N-dealkylation sites (tertiary alicyclic amines) is 1. The van der Waals surface area contributed by atoms with Crippen LogP contribution in [0.1, 0.15) is 18.4 Å². The Morgan fingerprint density at radius 1 is 1.21 bits per heavy atom. The van der Waals surface area contributed by atoms with E-state index in [1.807, 2.05) is 24.3 Å². The highest BCUT2D eigenvalue weighted by Crippen LogP contribution is 2.34. The molecule has 1 N–H and O–H groups in total. The molecule has 1 spiro atoms. The summed E-state index contributed by atoms with van der Waals surface area (Å²) < 4.78 is 10.3. The van der Waals surface area contributed by atoms with Crippen molar-refractivity contribution in [3.63, 3.8) is 0 Å². The van der Waals surface area contributed by atoms with E-state index in [9.17, 15) is 9.59 Å². The van der Waals surface area contributed by atoms with Crippen molar-refractivity contribution < 1.29 is 19.1 Å². The number of methoxy groups -OCH3 is 1. The molecule has 2 fully saturated rings. The van der Waals surface area contributed by atoms with Crippen molar-refractivity contribution in [2.24, 2.45) is 0 Å². The summed E-state index contributed by atoms with van der Waals surface area (Å²) in [5, 5.41) is 2.98. The van der Waals surface area contributed by atoms with Crippen LogP contribution in [0.3, 0.4) is 0 Å². The highest BCUT2D eigenvalue weighted by molar-refractivity contribution is 5.73. The van der Waals surface area contributed by atoms with Gasteiger partial charge >= 0.3 is 12.2 Å². The Morgan fingerprint density at radius 2 is 2.00 bits per heavy atom. The molecule has 2 heterocycles. The monoisotopic (exact) mass is 380 g/mol. The number of hydrogen-bond donors (Lipinski definition) is 1. The summed E-state index contributed by atoms with van der Waals surface area (Å²) >= 11 is 0. The third kappa shape index (κ3) is 3.42. The van der Waals surface area contributed by atoms with Gasteiger partial charge in [0.05, 0.1) is 18.7 Å². The summed E-state index contributed by atoms with van der Waals surface area (Å²) in [6.07, 6.45) is 1.38. The second-order valence-electron chi connectivity index (χ2n) is 7.41. The number of cyclic esters (lactones) is 1. The second kappa shape index (κ2) is 7.54. The van der Waals surface area contributed by atoms with Gasteiger partial charge in [-0.2, -0.15) is 0 Å². The topological polar surface area (TPSA) is 67.9 Å². The third-order valence-corrected chi connectivity index (χ3v) is 5.72. The first-order valence-electron chi connectivity index (χ1n) is 9.55. The number of piperidine rings is 1. The number of nitrogens with one attached hydrogen (secondary N) is 1. The molecule has 0 bridgehead atoms. The minimum Gasteiger partial charge on any atom is -0.453 e. The Bertz CT molecular complexity index is 870. The Labute approximate surface area is 164 Å². The molecule has 6 nitrogen and oxygen atoms in total. The van der Waals surface area contributed by atoms with Crippen LogP contribution in [0.4, 0.5) is 9.59 Å². The number of benzene rings is 2. The minimum atomic E-state index is -0.577. The van der Waals surface area contributed by atoms with E-state index in [1.54, 1.807) is 4.90 Å². The predicted octanol–water partition coefficient (Wildman–Crippen LogP) is 3.61. The summed E-state index contributed by atoms with van der Waals surface area (Å²) in [6, 6.07) is 18.3. The maximum Gasteiger partial charge on any atom is 0.409 e. The summed E-state index contributed by atoms with van der Waals surface area (Å²) in [5.41, 5.74) is 2.79. The molecule has 2 aromatic carbocycles. The van der Waals surface area contributed by atoms with Gasteiger partial charge in [0.2, 0.25) is 0 Å². The smallest absolute Gasteiger partial charge is 0.409 e. The van der Waals surface area contributed by atoms with Crippen LogP contribution >= 0.6 is 0 Å². The first-order chi connectivity index (χ1) is 13.6. The summed E-state index contributed by atoms with van der Waals surface area (Å²) in [5.74, 6) is 0. The molecular formula is C22H24N2O4. The van der Waals surface area contributed by atoms with Gasteiger partial charge < -0.3 is 19.7 Å². The van der Waals surface area contributed by atoms with E-state index in [2.05, 4.69) is 35.6 Å². The van der Waals surface area contributed by atoms with Gasteiger partial charge in [-0.05, 0) is 36.0 Å². The molecular weight excluding hydrogens is 356 g/mol. The highest BCUT2D eigenvalue weighted by atomic mass is 16.6. The lowest BCUT2D eigenvalue weighted by Gasteiger charge is -2.46. The number of carbonyl (C=O) groups excluding carboxylic acids is 2. The van der Waals surface area contributed by atoms with Crippen molar-refractivity contribution in [3.8, 4) is 11.1 Å². The van der Waals surface area contributed by atoms with Crippen molar-refractivity contribution in [1.82, 2.24) is 10.2 Å². The quantitative estimate of drug-likeness (QED) is 0.883. The highest BCUT2D eigenvalue weighted by Gasteiger charge is 2.51. The van der Waals surface area contributed by atoms with Crippen LogP contribution in [0, 0.1) is 0 Å². The third-order valence-electron chi connectivity index (χ3n) is 5.72. The van der Waals surface area contributed by atoms with Gasteiger partial charge in [-0.25, -0.2) is 9.59 Å². The maximum atomic E-state index is 12.4. The Hall–Kier alpha value is -3.02. The van der Waals surface area contributed by atoms with Gasteiger partial charge in [0.15, 0.2) is 0 Å². The molecule has 6 heteroatoms. The predicted molar refractivity (Wildman–Crippen MR) is 105 cm³/mol. The normalized spacial score (nSPS) is 24.0. The molecule has 2 unspecified atom stereocenters. The molecule has 2 amide bonds. The van der Waals surface area contributed by atoms with Crippen molar-refractivity contribution >= 4 is 12.2 Å². The van der Waals surface area contributed by atoms with Gasteiger partial charge in [0, 0.05) is 6.54 Å². The Morgan fingerprint density at radius 3 is 2.71 bits per heavy atom. The van der Waals surface area contributed by atoms with Crippen LogP contribution < -0.4 is 5.32 Å². The lowest BCUT2D eigenvalue weighted by Crippen LogP contribution is -2.65. The number of nitrogens with zero attached hydrogens (tertiary/aromatic N) is 1. The largest absolute Gasteiger partial charge is 0.453 e. The van der Waals surface area contributed by atoms with Crippen LogP contribution in [0.25, 0.3) is 11.1 Å². The first kappa shape index (κ1) is 18.3. The fraction of sp³-hybridized carbons (Fsp3) is 0.364. The van der Waals surface area contributed by atoms with Crippen molar-refractivity contribution in [2.45, 2.75) is 30.8 Å². The lowest BCUT2D eigenvalue weighted by atomic mass is 9.79. The zero-order valence-electron chi connectivity index (χ0n) is 15.9. The van der Waals surface area contributed by atoms with Crippen LogP contribution in [-0.4, -0.2) is 48.9 Å². The molecule has 0 saturated carbocycles. The summed E-state index contributed by atoms with van der Waals surface area (Å²) in [6.45, 7) is 0.871. The molecule has 0 aromatic heterocycles. The molecule has 0 aliphatic carbocycles. The minimum absolute atomic E-state index is 0.230. The summed E-state index contributed by atoms with van der Waals surface area (Å²) in [7, 11) is 1.39. The standard InChI is InChI=1S/C22H24N2O4/c1-27-21(26)24-12-6-11-22(15-28-20(25)23-22)19(24)14-16-7-5-10-18(13-16)17-8-3-2-4-9-17/h2-5,7-10,13,19H,6,11-12,14-15H2,1H3,(H,23,25). The number of alkyl carbamates (subject to hydrolysis) is 1. The molecule has 2 atom stereocenters. The van der Waals surface area contributed by atoms with Crippen LogP contribution in [-0.2, 0) is 15.9 Å². The maximum absolute atomic E-state index is 12.4. The van der Waals surface area contributed by atoms with E-state index in [4.69, 9.17) is 9.47 Å². The van der Waals surface area contributed by atoms with Crippen LogP contribution in [0.5, 0.6) is 0 Å². The SMILES string of the molecule is COC(=O)N1CCCC2(COC(=O)N2)C1Cc1cccc(-c2ccccc2)c1. The molecule has 2 aliphatic heterocycles. The first-order valence-corrected chi connectivity index (χ1v) is 9.55. The van der Waals surface area contributed by atoms with Gasteiger partial charge in [-0.3, -0.25) is 0 Å². The lowest BCUT2D eigenvalue weighted by molar-refractivity contribution is 0.0403. The average Bonchev–Trinajstić information content (AvgIpc) is 3.11. The van der Waals surface area contributed by atoms with Crippen molar-refractivity contribution in [2.75, 3.05) is 20.3 Å². The van der Waals surface area contributed by atoms with E-state index < -0.39 is 11.6 Å². The summed E-state index contributed by atoms with van der Waals surface area (Å²) in [4.78, 5) is 26.0. The van der Waals surface area contributed by atoms with Crippen molar-refractivity contribution in [3.05, 3.63) is 60.2 Å². The second-order valence-corrected chi connectivity index (χ2v) is 7.41. The van der Waals surface area contributed by atoms with Gasteiger partial charge in [0.1, 0.15) is 6.61 Å². The number of carbonyl (C=O) groups is 2. The number of amides is 2. The number of ether oxygens (including phenoxy) is 2. The van der Waals surface area contributed by atoms with Gasteiger partial charge in [-0.1, -0.05) is 54.6 Å². The van der Waals surface area contributed by atoms with Crippen molar-refractivity contribution in [1.29, 1.82) is 0 Å². The Kier molecular flexibility index (Phi) is 4.94. The van der Waals surface area contributed by atoms with E-state index in [-0.39, 0.29) is 18.7 Å². The zero-order chi connectivity index (χ0) is 19.6. The van der Waals surface area contributed by atoms with Crippen LogP contribution in [0.15, 0.2) is 54.6 Å². The Balaban J connectivity index is 1.66. The molecule has 0 radical (unpaired) electrons. The average molecular weight is 380 g/mol. The van der Waals surface area contributed by atoms with Gasteiger partial charge in [0.25, 0.3) is 0 Å². The van der Waals surface area contributed by atoms with Crippen LogP contribution in [0.2, 0.25) is 0 Å². The zero-order valence-corrected chi connectivity index (χ0v) is 15.9. The van der Waals surface area contributed by atoms with E-state index in [1.165, 1.54) is 7.11 Å². The van der Waals surface area contributed by atoms with E-state index in [0.717, 1.165) is 29.5 Å². The molecule has 146 valence electrons. The molecule has 2 aromatic rings. The number of hydrogen-bond acceptors (Lipinski definition) is 4. The molecule has 28 heavy (non-hydrogen) atoms. The molecule has 2 saturated heterocycles. The molecule has 2 aliphatic rings. The fourth-order valence-corrected chi connectivity index (χ4v) is 4.34. The van der Waals surface area contributed by atoms with E-state index >= 15 is 0 Å². The fourth-order valence-electron chi connectivity index (χ4n) is 4.34. The molecule has 4 rings (SSSR count). The van der Waals surface area contributed by atoms with Gasteiger partial charge in [-0.15, -0.1) is 0 Å². The number of rotatable bonds is 3. The van der Waals surface area contributed by atoms with E-state index in [0.29, 0.717) is 13.0 Å².